The van der Waals surface area contributed by atoms with Gasteiger partial charge in [-0.3, -0.25) is 4.72 Å². The van der Waals surface area contributed by atoms with Crippen molar-refractivity contribution in [2.75, 3.05) is 11.8 Å². The van der Waals surface area contributed by atoms with Gasteiger partial charge in [-0.05, 0) is 65.3 Å². The van der Waals surface area contributed by atoms with Crippen LogP contribution in [0, 0.1) is 6.92 Å². The monoisotopic (exact) mass is 369 g/mol. The molecule has 0 aliphatic heterocycles. The zero-order chi connectivity index (χ0) is 15.5. The quantitative estimate of drug-likeness (QED) is 0.849. The maximum Gasteiger partial charge on any atom is 0.263 e. The van der Waals surface area contributed by atoms with Crippen LogP contribution in [0.4, 0.5) is 5.82 Å². The zero-order valence-corrected chi connectivity index (χ0v) is 14.1. The van der Waals surface area contributed by atoms with Crippen LogP contribution in [0.5, 0.6) is 0 Å². The van der Waals surface area contributed by atoms with Crippen LogP contribution in [0.15, 0.2) is 45.9 Å². The van der Waals surface area contributed by atoms with E-state index in [-0.39, 0.29) is 10.7 Å². The number of hydrogen-bond acceptors (Lipinski definition) is 4. The van der Waals surface area contributed by atoms with Crippen molar-refractivity contribution in [1.82, 2.24) is 10.3 Å². The minimum absolute atomic E-state index is 0.225. The van der Waals surface area contributed by atoms with Gasteiger partial charge >= 0.3 is 0 Å². The first-order valence-corrected chi connectivity index (χ1v) is 8.58. The van der Waals surface area contributed by atoms with E-state index in [0.29, 0.717) is 6.54 Å². The highest BCUT2D eigenvalue weighted by molar-refractivity contribution is 9.10. The number of benzene rings is 1. The Morgan fingerprint density at radius 1 is 1.24 bits per heavy atom. The number of nitrogens with one attached hydrogen (secondary N) is 2. The highest BCUT2D eigenvalue weighted by Gasteiger charge is 2.16. The fourth-order valence-corrected chi connectivity index (χ4v) is 3.12. The van der Waals surface area contributed by atoms with Gasteiger partial charge in [0.15, 0.2) is 0 Å². The summed E-state index contributed by atoms with van der Waals surface area (Å²) < 4.78 is 28.0. The van der Waals surface area contributed by atoms with Crippen molar-refractivity contribution >= 4 is 31.8 Å². The van der Waals surface area contributed by atoms with Crippen LogP contribution in [-0.4, -0.2) is 20.4 Å². The van der Waals surface area contributed by atoms with E-state index in [4.69, 9.17) is 0 Å². The molecule has 0 fully saturated rings. The van der Waals surface area contributed by atoms with Crippen molar-refractivity contribution in [3.8, 4) is 0 Å². The molecule has 1 heterocycles. The molecule has 2 N–H and O–H groups in total. The van der Waals surface area contributed by atoms with Gasteiger partial charge < -0.3 is 5.32 Å². The fourth-order valence-electron chi connectivity index (χ4n) is 1.83. The number of rotatable bonds is 5. The van der Waals surface area contributed by atoms with E-state index in [0.717, 1.165) is 15.6 Å². The molecule has 0 aliphatic carbocycles. The van der Waals surface area contributed by atoms with E-state index in [1.165, 1.54) is 0 Å². The smallest absolute Gasteiger partial charge is 0.263 e. The van der Waals surface area contributed by atoms with Crippen molar-refractivity contribution < 1.29 is 8.42 Å². The lowest BCUT2D eigenvalue weighted by atomic mass is 10.1. The van der Waals surface area contributed by atoms with Gasteiger partial charge in [0, 0.05) is 17.2 Å². The summed E-state index contributed by atoms with van der Waals surface area (Å²) >= 11 is 3.26. The molecule has 0 amide bonds. The molecule has 5 nitrogen and oxygen atoms in total. The van der Waals surface area contributed by atoms with Crippen LogP contribution in [0.3, 0.4) is 0 Å². The van der Waals surface area contributed by atoms with Crippen LogP contribution in [0.1, 0.15) is 11.1 Å². The molecule has 112 valence electrons. The number of anilines is 1. The van der Waals surface area contributed by atoms with Crippen molar-refractivity contribution in [2.24, 2.45) is 0 Å². The second-order valence-electron chi connectivity index (χ2n) is 4.59. The average molecular weight is 370 g/mol. The minimum atomic E-state index is -3.64. The molecule has 0 aliphatic rings. The molecule has 2 aromatic rings. The third kappa shape index (κ3) is 4.03. The minimum Gasteiger partial charge on any atom is -0.316 e. The van der Waals surface area contributed by atoms with Gasteiger partial charge in [0.1, 0.15) is 5.82 Å². The number of hydrogen-bond donors (Lipinski definition) is 2. The van der Waals surface area contributed by atoms with Gasteiger partial charge in [0.05, 0.1) is 4.90 Å². The predicted molar refractivity (Wildman–Crippen MR) is 86.7 cm³/mol. The first kappa shape index (κ1) is 15.9. The molecule has 0 radical (unpaired) electrons. The average Bonchev–Trinajstić information content (AvgIpc) is 2.43. The molecule has 0 saturated carbocycles. The Balaban J connectivity index is 2.31. The van der Waals surface area contributed by atoms with Crippen LogP contribution in [-0.2, 0) is 16.6 Å². The molecule has 1 aromatic heterocycles. The molecule has 7 heteroatoms. The highest BCUT2D eigenvalue weighted by atomic mass is 79.9. The van der Waals surface area contributed by atoms with Crippen molar-refractivity contribution in [3.63, 3.8) is 0 Å². The molecule has 21 heavy (non-hydrogen) atoms. The molecular weight excluding hydrogens is 354 g/mol. The van der Waals surface area contributed by atoms with Gasteiger partial charge in [-0.25, -0.2) is 13.4 Å². The third-order valence-corrected chi connectivity index (χ3v) is 4.79. The molecule has 0 bridgehead atoms. The van der Waals surface area contributed by atoms with E-state index in [9.17, 15) is 8.42 Å². The van der Waals surface area contributed by atoms with E-state index in [2.05, 4.69) is 31.0 Å². The summed E-state index contributed by atoms with van der Waals surface area (Å²) in [5.41, 5.74) is 1.99. The number of nitrogens with zero attached hydrogens (tertiary/aromatic N) is 1. The summed E-state index contributed by atoms with van der Waals surface area (Å²) in [5, 5.41) is 3.03. The second kappa shape index (κ2) is 6.55. The standard InChI is InChI=1S/C14H16BrN3O2S/c1-10-3-5-13(7-11(10)8-16-2)21(19,20)18-14-6-4-12(15)9-17-14/h3-7,9,16H,8H2,1-2H3,(H,17,18). The third-order valence-electron chi connectivity index (χ3n) is 2.96. The Morgan fingerprint density at radius 3 is 2.62 bits per heavy atom. The first-order valence-electron chi connectivity index (χ1n) is 6.31. The Kier molecular flexibility index (Phi) is 4.97. The van der Waals surface area contributed by atoms with Crippen LogP contribution < -0.4 is 10.0 Å². The lowest BCUT2D eigenvalue weighted by Gasteiger charge is -2.11. The maximum absolute atomic E-state index is 12.4. The SMILES string of the molecule is CNCc1cc(S(=O)(=O)Nc2ccc(Br)cn2)ccc1C. The molecule has 0 atom stereocenters. The summed E-state index contributed by atoms with van der Waals surface area (Å²) in [6.45, 7) is 2.57. The van der Waals surface area contributed by atoms with Crippen LogP contribution in [0.2, 0.25) is 0 Å². The largest absolute Gasteiger partial charge is 0.316 e. The number of aromatic nitrogens is 1. The number of aryl methyl sites for hydroxylation is 1. The van der Waals surface area contributed by atoms with Crippen LogP contribution in [0.25, 0.3) is 0 Å². The van der Waals surface area contributed by atoms with E-state index < -0.39 is 10.0 Å². The maximum atomic E-state index is 12.4. The first-order chi connectivity index (χ1) is 9.92. The van der Waals surface area contributed by atoms with Gasteiger partial charge in [-0.15, -0.1) is 0 Å². The van der Waals surface area contributed by atoms with Gasteiger partial charge in [0.25, 0.3) is 10.0 Å². The highest BCUT2D eigenvalue weighted by Crippen LogP contribution is 2.19. The van der Waals surface area contributed by atoms with Gasteiger partial charge in [-0.2, -0.15) is 0 Å². The zero-order valence-electron chi connectivity index (χ0n) is 11.7. The van der Waals surface area contributed by atoms with Crippen molar-refractivity contribution in [3.05, 3.63) is 52.1 Å². The van der Waals surface area contributed by atoms with Gasteiger partial charge in [-0.1, -0.05) is 6.07 Å². The molecule has 1 aromatic carbocycles. The summed E-state index contributed by atoms with van der Waals surface area (Å²) in [6, 6.07) is 8.40. The molecule has 2 rings (SSSR count). The molecule has 0 saturated heterocycles. The predicted octanol–water partition coefficient (Wildman–Crippen LogP) is 2.67. The lowest BCUT2D eigenvalue weighted by Crippen LogP contribution is -2.15. The normalized spacial score (nSPS) is 11.4. The Hall–Kier alpha value is -1.44. The Bertz CT molecular complexity index is 730. The lowest BCUT2D eigenvalue weighted by molar-refractivity contribution is 0.600. The number of sulfonamides is 1. The fraction of sp³-hybridized carbons (Fsp3) is 0.214. The van der Waals surface area contributed by atoms with Crippen molar-refractivity contribution in [2.45, 2.75) is 18.4 Å². The summed E-state index contributed by atoms with van der Waals surface area (Å²) in [4.78, 5) is 4.24. The van der Waals surface area contributed by atoms with E-state index >= 15 is 0 Å². The van der Waals surface area contributed by atoms with Gasteiger partial charge in [0.2, 0.25) is 0 Å². The summed E-state index contributed by atoms with van der Waals surface area (Å²) in [7, 11) is -1.82. The summed E-state index contributed by atoms with van der Waals surface area (Å²) in [6.07, 6.45) is 1.54. The Labute approximate surface area is 133 Å². The number of halogens is 1. The van der Waals surface area contributed by atoms with Crippen molar-refractivity contribution in [1.29, 1.82) is 0 Å². The van der Waals surface area contributed by atoms with Crippen LogP contribution >= 0.6 is 15.9 Å². The van der Waals surface area contributed by atoms with E-state index in [1.54, 1.807) is 36.5 Å². The second-order valence-corrected chi connectivity index (χ2v) is 7.18. The topological polar surface area (TPSA) is 71.1 Å². The molecule has 0 unspecified atom stereocenters. The summed E-state index contributed by atoms with van der Waals surface area (Å²) in [5.74, 6) is 0.286. The molecular formula is C14H16BrN3O2S. The Morgan fingerprint density at radius 2 is 2.00 bits per heavy atom. The van der Waals surface area contributed by atoms with E-state index in [1.807, 2.05) is 14.0 Å². The molecule has 0 spiro atoms. The number of pyridine rings is 1.